The second kappa shape index (κ2) is 8.54. The molecular weight excluding hydrogens is 382 g/mol. The van der Waals surface area contributed by atoms with Crippen molar-refractivity contribution in [1.29, 1.82) is 0 Å². The number of benzene rings is 2. The lowest BCUT2D eigenvalue weighted by molar-refractivity contribution is -0.120. The topological polar surface area (TPSA) is 122 Å². The van der Waals surface area contributed by atoms with Gasteiger partial charge in [0.15, 0.2) is 5.82 Å². The second-order valence-electron chi connectivity index (χ2n) is 7.64. The predicted octanol–water partition coefficient (Wildman–Crippen LogP) is 3.55. The molecule has 0 spiro atoms. The number of amides is 1. The molecule has 0 aliphatic heterocycles. The Morgan fingerprint density at radius 2 is 2.03 bits per heavy atom. The van der Waals surface area contributed by atoms with Crippen LogP contribution < -0.4 is 16.4 Å². The van der Waals surface area contributed by atoms with Crippen LogP contribution in [0.5, 0.6) is 0 Å². The summed E-state index contributed by atoms with van der Waals surface area (Å²) >= 11 is 0. The Morgan fingerprint density at radius 3 is 2.83 bits per heavy atom. The molecule has 1 saturated carbocycles. The van der Waals surface area contributed by atoms with Crippen LogP contribution in [0, 0.1) is 5.92 Å². The molecular formula is C22H25N5O3. The summed E-state index contributed by atoms with van der Waals surface area (Å²) in [5, 5.41) is 14.4. The fourth-order valence-corrected chi connectivity index (χ4v) is 3.88. The number of nitrogens with two attached hydrogens (primary N) is 1. The molecule has 30 heavy (non-hydrogen) atoms. The van der Waals surface area contributed by atoms with Crippen molar-refractivity contribution in [2.45, 2.75) is 31.7 Å². The Hall–Kier alpha value is -3.39. The first-order valence-corrected chi connectivity index (χ1v) is 10.0. The first-order chi connectivity index (χ1) is 14.5. The summed E-state index contributed by atoms with van der Waals surface area (Å²) in [4.78, 5) is 24.4. The molecule has 1 fully saturated rings. The van der Waals surface area contributed by atoms with E-state index in [1.807, 2.05) is 24.3 Å². The van der Waals surface area contributed by atoms with Crippen molar-refractivity contribution >= 4 is 40.0 Å². The minimum atomic E-state index is -0.405. The average Bonchev–Trinajstić information content (AvgIpc) is 3.15. The van der Waals surface area contributed by atoms with E-state index in [0.717, 1.165) is 36.6 Å². The predicted molar refractivity (Wildman–Crippen MR) is 116 cm³/mol. The number of carbonyl (C=O) groups is 2. The van der Waals surface area contributed by atoms with Crippen LogP contribution in [0.1, 0.15) is 36.0 Å². The SMILES string of the molecule is COC(=O)c1cccc(Nc2n[nH]c3ccc(NC(=O)C4CCCC(N)C4)cc23)c1. The molecule has 2 unspecified atom stereocenters. The van der Waals surface area contributed by atoms with Crippen LogP contribution >= 0.6 is 0 Å². The molecule has 1 heterocycles. The van der Waals surface area contributed by atoms with E-state index in [1.54, 1.807) is 18.2 Å². The number of methoxy groups -OCH3 is 1. The van der Waals surface area contributed by atoms with Gasteiger partial charge in [0, 0.05) is 28.7 Å². The van der Waals surface area contributed by atoms with E-state index in [0.29, 0.717) is 22.8 Å². The van der Waals surface area contributed by atoms with E-state index in [9.17, 15) is 9.59 Å². The summed E-state index contributed by atoms with van der Waals surface area (Å²) in [6.45, 7) is 0. The Labute approximate surface area is 174 Å². The van der Waals surface area contributed by atoms with Crippen LogP contribution in [-0.2, 0) is 9.53 Å². The minimum Gasteiger partial charge on any atom is -0.465 e. The molecule has 156 valence electrons. The average molecular weight is 407 g/mol. The quantitative estimate of drug-likeness (QED) is 0.480. The molecule has 8 nitrogen and oxygen atoms in total. The van der Waals surface area contributed by atoms with Crippen LogP contribution in [-0.4, -0.2) is 35.2 Å². The molecule has 4 rings (SSSR count). The molecule has 2 aromatic carbocycles. The molecule has 1 amide bonds. The van der Waals surface area contributed by atoms with E-state index < -0.39 is 5.97 Å². The third kappa shape index (κ3) is 4.28. The number of hydrogen-bond donors (Lipinski definition) is 4. The van der Waals surface area contributed by atoms with Gasteiger partial charge in [-0.25, -0.2) is 4.79 Å². The number of nitrogens with one attached hydrogen (secondary N) is 3. The van der Waals surface area contributed by atoms with Gasteiger partial charge in [-0.1, -0.05) is 12.5 Å². The van der Waals surface area contributed by atoms with Crippen LogP contribution in [0.4, 0.5) is 17.2 Å². The highest BCUT2D eigenvalue weighted by Gasteiger charge is 2.25. The number of hydrogen-bond acceptors (Lipinski definition) is 6. The molecule has 1 aliphatic carbocycles. The summed E-state index contributed by atoms with van der Waals surface area (Å²) in [6, 6.07) is 12.7. The summed E-state index contributed by atoms with van der Waals surface area (Å²) in [5.74, 6) is 0.154. The standard InChI is InChI=1S/C22H25N5O3/c1-30-22(29)14-5-3-7-16(11-14)24-20-18-12-17(8-9-19(18)26-27-20)25-21(28)13-4-2-6-15(23)10-13/h3,5,7-9,11-13,15H,2,4,6,10,23H2,1H3,(H,25,28)(H2,24,26,27). The molecule has 3 aromatic rings. The van der Waals surface area contributed by atoms with E-state index in [1.165, 1.54) is 7.11 Å². The van der Waals surface area contributed by atoms with Crippen molar-refractivity contribution in [3.63, 3.8) is 0 Å². The van der Waals surface area contributed by atoms with Crippen molar-refractivity contribution in [2.75, 3.05) is 17.7 Å². The highest BCUT2D eigenvalue weighted by molar-refractivity contribution is 5.98. The maximum atomic E-state index is 12.6. The molecule has 0 radical (unpaired) electrons. The lowest BCUT2D eigenvalue weighted by Crippen LogP contribution is -2.34. The summed E-state index contributed by atoms with van der Waals surface area (Å²) in [7, 11) is 1.35. The van der Waals surface area contributed by atoms with Crippen molar-refractivity contribution in [2.24, 2.45) is 11.7 Å². The van der Waals surface area contributed by atoms with Crippen molar-refractivity contribution in [3.05, 3.63) is 48.0 Å². The zero-order chi connectivity index (χ0) is 21.1. The zero-order valence-electron chi connectivity index (χ0n) is 16.8. The summed E-state index contributed by atoms with van der Waals surface area (Å²) in [5.41, 5.74) is 8.71. The highest BCUT2D eigenvalue weighted by Crippen LogP contribution is 2.29. The normalized spacial score (nSPS) is 18.7. The third-order valence-electron chi connectivity index (χ3n) is 5.46. The monoisotopic (exact) mass is 407 g/mol. The van der Waals surface area contributed by atoms with E-state index in [4.69, 9.17) is 10.5 Å². The number of rotatable bonds is 5. The van der Waals surface area contributed by atoms with E-state index in [2.05, 4.69) is 20.8 Å². The van der Waals surface area contributed by atoms with Gasteiger partial charge in [0.05, 0.1) is 18.2 Å². The first-order valence-electron chi connectivity index (χ1n) is 10.0. The smallest absolute Gasteiger partial charge is 0.337 e. The molecule has 0 bridgehead atoms. The minimum absolute atomic E-state index is 0.00767. The Balaban J connectivity index is 1.53. The molecule has 2 atom stereocenters. The van der Waals surface area contributed by atoms with Crippen LogP contribution in [0.15, 0.2) is 42.5 Å². The fraction of sp³-hybridized carbons (Fsp3) is 0.318. The van der Waals surface area contributed by atoms with Gasteiger partial charge in [-0.2, -0.15) is 5.10 Å². The van der Waals surface area contributed by atoms with Gasteiger partial charge in [0.25, 0.3) is 0 Å². The van der Waals surface area contributed by atoms with Crippen molar-refractivity contribution in [3.8, 4) is 0 Å². The number of ether oxygens (including phenoxy) is 1. The Bertz CT molecular complexity index is 1080. The maximum Gasteiger partial charge on any atom is 0.337 e. The van der Waals surface area contributed by atoms with Gasteiger partial charge in [-0.05, 0) is 55.7 Å². The number of H-pyrrole nitrogens is 1. The summed E-state index contributed by atoms with van der Waals surface area (Å²) in [6.07, 6.45) is 3.57. The van der Waals surface area contributed by atoms with Gasteiger partial charge >= 0.3 is 5.97 Å². The van der Waals surface area contributed by atoms with Gasteiger partial charge in [-0.15, -0.1) is 0 Å². The van der Waals surface area contributed by atoms with Crippen LogP contribution in [0.25, 0.3) is 10.9 Å². The fourth-order valence-electron chi connectivity index (χ4n) is 3.88. The Morgan fingerprint density at radius 1 is 1.17 bits per heavy atom. The number of aromatic amines is 1. The number of esters is 1. The number of fused-ring (bicyclic) bond motifs is 1. The number of anilines is 3. The van der Waals surface area contributed by atoms with Crippen LogP contribution in [0.2, 0.25) is 0 Å². The maximum absolute atomic E-state index is 12.6. The molecule has 0 saturated heterocycles. The number of nitrogens with zero attached hydrogens (tertiary/aromatic N) is 1. The molecule has 1 aliphatic rings. The molecule has 1 aromatic heterocycles. The van der Waals surface area contributed by atoms with Gasteiger partial charge in [-0.3, -0.25) is 9.89 Å². The molecule has 8 heteroatoms. The van der Waals surface area contributed by atoms with Gasteiger partial charge < -0.3 is 21.1 Å². The summed E-state index contributed by atoms with van der Waals surface area (Å²) < 4.78 is 4.77. The number of carbonyl (C=O) groups excluding carboxylic acids is 2. The van der Waals surface area contributed by atoms with Gasteiger partial charge in [0.1, 0.15) is 0 Å². The van der Waals surface area contributed by atoms with Gasteiger partial charge in [0.2, 0.25) is 5.91 Å². The first kappa shape index (κ1) is 19.9. The van der Waals surface area contributed by atoms with Crippen LogP contribution in [0.3, 0.4) is 0 Å². The van der Waals surface area contributed by atoms with E-state index >= 15 is 0 Å². The largest absolute Gasteiger partial charge is 0.465 e. The Kier molecular flexibility index (Phi) is 5.67. The lowest BCUT2D eigenvalue weighted by atomic mass is 9.85. The second-order valence-corrected chi connectivity index (χ2v) is 7.64. The third-order valence-corrected chi connectivity index (χ3v) is 5.46. The van der Waals surface area contributed by atoms with Crippen molar-refractivity contribution < 1.29 is 14.3 Å². The molecule has 5 N–H and O–H groups in total. The number of aromatic nitrogens is 2. The van der Waals surface area contributed by atoms with Crippen molar-refractivity contribution in [1.82, 2.24) is 10.2 Å². The van der Waals surface area contributed by atoms with E-state index in [-0.39, 0.29) is 17.9 Å². The highest BCUT2D eigenvalue weighted by atomic mass is 16.5. The lowest BCUT2D eigenvalue weighted by Gasteiger charge is -2.25. The zero-order valence-corrected chi connectivity index (χ0v) is 16.8.